The summed E-state index contributed by atoms with van der Waals surface area (Å²) < 4.78 is 71.8. The maximum absolute atomic E-state index is 14.9. The molecule has 222 valence electrons. The van der Waals surface area contributed by atoms with Gasteiger partial charge in [0.25, 0.3) is 0 Å². The van der Waals surface area contributed by atoms with E-state index in [0.29, 0.717) is 48.0 Å². The molecule has 4 heterocycles. The van der Waals surface area contributed by atoms with Crippen LogP contribution in [0.15, 0.2) is 42.7 Å². The largest absolute Gasteiger partial charge is 0.417 e. The van der Waals surface area contributed by atoms with Crippen molar-refractivity contribution in [2.24, 2.45) is 5.92 Å². The summed E-state index contributed by atoms with van der Waals surface area (Å²) in [4.78, 5) is 32.4. The van der Waals surface area contributed by atoms with E-state index in [4.69, 9.17) is 11.6 Å². The normalized spacial score (nSPS) is 20.7. The molecule has 0 aliphatic carbocycles. The van der Waals surface area contributed by atoms with Gasteiger partial charge >= 0.3 is 6.18 Å². The maximum Gasteiger partial charge on any atom is 0.417 e. The Labute approximate surface area is 243 Å². The number of aromatic nitrogens is 3. The number of hydrogen-bond acceptors (Lipinski definition) is 4. The molecule has 2 aromatic heterocycles. The lowest BCUT2D eigenvalue weighted by Crippen LogP contribution is -2.38. The van der Waals surface area contributed by atoms with Crippen molar-refractivity contribution in [2.75, 3.05) is 11.9 Å². The molecule has 2 aliphatic rings. The van der Waals surface area contributed by atoms with Crippen LogP contribution in [0.4, 0.5) is 27.6 Å². The summed E-state index contributed by atoms with van der Waals surface area (Å²) in [6.45, 7) is 3.06. The zero-order valence-corrected chi connectivity index (χ0v) is 23.4. The summed E-state index contributed by atoms with van der Waals surface area (Å²) in [6.07, 6.45) is -1.13. The first-order valence-electron chi connectivity index (χ1n) is 13.4. The van der Waals surface area contributed by atoms with Crippen molar-refractivity contribution in [2.45, 2.75) is 58.0 Å². The summed E-state index contributed by atoms with van der Waals surface area (Å²) in [7, 11) is 0. The van der Waals surface area contributed by atoms with Crippen molar-refractivity contribution in [3.63, 3.8) is 0 Å². The summed E-state index contributed by atoms with van der Waals surface area (Å²) in [5.74, 6) is -2.52. The third-order valence-electron chi connectivity index (χ3n) is 7.65. The highest BCUT2D eigenvalue weighted by Gasteiger charge is 2.38. The highest BCUT2D eigenvalue weighted by Crippen LogP contribution is 2.42. The smallest absolute Gasteiger partial charge is 0.330 e. The number of fused-ring (bicyclic) bond motifs is 4. The average Bonchev–Trinajstić information content (AvgIpc) is 3.35. The monoisotopic (exact) mass is 607 g/mol. The summed E-state index contributed by atoms with van der Waals surface area (Å²) in [5, 5.41) is 6.47. The second-order valence-electron chi connectivity index (χ2n) is 10.5. The summed E-state index contributed by atoms with van der Waals surface area (Å²) >= 11 is 5.82. The molecule has 0 spiro atoms. The molecule has 2 amide bonds. The number of pyridine rings is 1. The second kappa shape index (κ2) is 11.5. The van der Waals surface area contributed by atoms with Gasteiger partial charge in [-0.05, 0) is 56.0 Å². The Morgan fingerprint density at radius 1 is 1.17 bits per heavy atom. The van der Waals surface area contributed by atoms with Gasteiger partial charge in [-0.3, -0.25) is 14.6 Å². The first kappa shape index (κ1) is 29.7. The highest BCUT2D eigenvalue weighted by atomic mass is 35.5. The van der Waals surface area contributed by atoms with E-state index in [-0.39, 0.29) is 24.4 Å². The van der Waals surface area contributed by atoms with Crippen LogP contribution in [0.5, 0.6) is 0 Å². The lowest BCUT2D eigenvalue weighted by molar-refractivity contribution is -0.138. The third-order valence-corrected chi connectivity index (χ3v) is 7.94. The number of nitrogens with one attached hydrogen (secondary N) is 1. The molecule has 2 aliphatic heterocycles. The van der Waals surface area contributed by atoms with Gasteiger partial charge in [-0.1, -0.05) is 24.9 Å². The van der Waals surface area contributed by atoms with Crippen molar-refractivity contribution in [1.82, 2.24) is 19.7 Å². The predicted molar refractivity (Wildman–Crippen MR) is 146 cm³/mol. The van der Waals surface area contributed by atoms with Crippen LogP contribution in [0.3, 0.4) is 0 Å². The number of anilines is 1. The van der Waals surface area contributed by atoms with Crippen molar-refractivity contribution in [3.05, 3.63) is 70.4 Å². The van der Waals surface area contributed by atoms with Gasteiger partial charge in [0.15, 0.2) is 6.30 Å². The lowest BCUT2D eigenvalue weighted by Gasteiger charge is -2.35. The standard InChI is InChI=1S/C29H27ClF5N5O2/c1-15-4-3-5-23(21-12-18(8-10-36-21)27-22(38-28(15)42)14-37-40(27)16(2)31)39-11-9-17(13-24(39)41)25-19(29(33,34)35)6-7-20(30)26(25)32/h6-8,10,12-16,23H,3-5,9,11H2,1-2H3,(H,38,42)/t15-,16?,23+/m1/s1. The summed E-state index contributed by atoms with van der Waals surface area (Å²) in [6, 6.07) is 4.25. The Bertz CT molecular complexity index is 1570. The van der Waals surface area contributed by atoms with Crippen molar-refractivity contribution in [1.29, 1.82) is 0 Å². The van der Waals surface area contributed by atoms with Gasteiger partial charge in [0.2, 0.25) is 11.8 Å². The predicted octanol–water partition coefficient (Wildman–Crippen LogP) is 7.36. The van der Waals surface area contributed by atoms with Gasteiger partial charge in [-0.25, -0.2) is 13.5 Å². The molecule has 7 nitrogen and oxygen atoms in total. The van der Waals surface area contributed by atoms with Crippen molar-refractivity contribution in [3.8, 4) is 11.3 Å². The Morgan fingerprint density at radius 3 is 2.62 bits per heavy atom. The van der Waals surface area contributed by atoms with Crippen LogP contribution in [-0.4, -0.2) is 38.0 Å². The van der Waals surface area contributed by atoms with Crippen LogP contribution in [0.1, 0.15) is 68.7 Å². The maximum atomic E-state index is 14.9. The molecule has 0 saturated carbocycles. The molecule has 0 radical (unpaired) electrons. The van der Waals surface area contributed by atoms with Crippen LogP contribution in [0.25, 0.3) is 16.8 Å². The third kappa shape index (κ3) is 5.64. The molecule has 1 aromatic carbocycles. The van der Waals surface area contributed by atoms with E-state index in [2.05, 4.69) is 15.4 Å². The lowest BCUT2D eigenvalue weighted by atomic mass is 9.91. The minimum atomic E-state index is -4.86. The number of halogens is 6. The second-order valence-corrected chi connectivity index (χ2v) is 10.9. The van der Waals surface area contributed by atoms with Gasteiger partial charge in [-0.2, -0.15) is 18.3 Å². The molecular weight excluding hydrogens is 581 g/mol. The van der Waals surface area contributed by atoms with Gasteiger partial charge in [0.1, 0.15) is 5.82 Å². The molecule has 0 saturated heterocycles. The van der Waals surface area contributed by atoms with E-state index in [9.17, 15) is 31.5 Å². The SMILES string of the molecule is CC(F)n1ncc2c1-c1ccnc(c1)[C@@H](N1CCC(c3c(C(F)(F)F)ccc(Cl)c3F)=CC1=O)CCC[C@@H](C)C(=O)N2. The summed E-state index contributed by atoms with van der Waals surface area (Å²) in [5.41, 5.74) is -0.400. The number of carbonyl (C=O) groups is 2. The Balaban J connectivity index is 1.56. The fourth-order valence-corrected chi connectivity index (χ4v) is 5.68. The topological polar surface area (TPSA) is 80.1 Å². The van der Waals surface area contributed by atoms with E-state index in [1.54, 1.807) is 19.1 Å². The number of amides is 2. The molecule has 0 fully saturated rings. The van der Waals surface area contributed by atoms with Crippen molar-refractivity contribution < 1.29 is 31.5 Å². The number of hydrogen-bond donors (Lipinski definition) is 1. The molecule has 1 unspecified atom stereocenters. The van der Waals surface area contributed by atoms with Gasteiger partial charge < -0.3 is 10.2 Å². The molecule has 42 heavy (non-hydrogen) atoms. The quantitative estimate of drug-likeness (QED) is 0.316. The molecule has 1 N–H and O–H groups in total. The van der Waals surface area contributed by atoms with Gasteiger partial charge in [0.05, 0.1) is 39.9 Å². The van der Waals surface area contributed by atoms with Crippen LogP contribution in [0, 0.1) is 11.7 Å². The van der Waals surface area contributed by atoms with Crippen LogP contribution < -0.4 is 5.32 Å². The fourth-order valence-electron chi connectivity index (χ4n) is 5.52. The molecular formula is C29H27ClF5N5O2. The molecule has 13 heteroatoms. The molecule has 3 atom stereocenters. The Kier molecular flexibility index (Phi) is 8.10. The molecule has 3 aromatic rings. The number of carbonyl (C=O) groups excluding carboxylic acids is 2. The number of benzene rings is 1. The zero-order chi connectivity index (χ0) is 30.3. The van der Waals surface area contributed by atoms with E-state index in [1.807, 2.05) is 0 Å². The molecule has 2 bridgehead atoms. The van der Waals surface area contributed by atoms with Crippen LogP contribution >= 0.6 is 11.6 Å². The minimum absolute atomic E-state index is 0.00870. The highest BCUT2D eigenvalue weighted by molar-refractivity contribution is 6.31. The van der Waals surface area contributed by atoms with E-state index in [0.717, 1.165) is 16.8 Å². The van der Waals surface area contributed by atoms with Gasteiger partial charge in [-0.15, -0.1) is 0 Å². The Morgan fingerprint density at radius 2 is 1.93 bits per heavy atom. The Hall–Kier alpha value is -3.80. The van der Waals surface area contributed by atoms with Crippen molar-refractivity contribution >= 4 is 34.7 Å². The number of nitrogens with zero attached hydrogens (tertiary/aromatic N) is 4. The first-order valence-corrected chi connectivity index (χ1v) is 13.8. The van der Waals surface area contributed by atoms with E-state index < -0.39 is 52.3 Å². The number of alkyl halides is 4. The minimum Gasteiger partial charge on any atom is -0.330 e. The van der Waals surface area contributed by atoms with Gasteiger partial charge in [0, 0.05) is 35.9 Å². The average molecular weight is 608 g/mol. The van der Waals surface area contributed by atoms with Crippen LogP contribution in [-0.2, 0) is 15.8 Å². The zero-order valence-electron chi connectivity index (χ0n) is 22.7. The number of rotatable bonds is 3. The molecule has 5 rings (SSSR count). The van der Waals surface area contributed by atoms with Crippen LogP contribution in [0.2, 0.25) is 5.02 Å². The van der Waals surface area contributed by atoms with E-state index in [1.165, 1.54) is 24.2 Å². The van der Waals surface area contributed by atoms with E-state index >= 15 is 0 Å². The fraction of sp³-hybridized carbons (Fsp3) is 0.379. The first-order chi connectivity index (χ1) is 19.9.